The highest BCUT2D eigenvalue weighted by Crippen LogP contribution is 2.38. The Hall–Kier alpha value is -1.85. The number of non-ortho nitro benzene ring substituents is 1. The third kappa shape index (κ3) is 2.62. The van der Waals surface area contributed by atoms with Crippen LogP contribution in [0.5, 0.6) is 0 Å². The van der Waals surface area contributed by atoms with Crippen LogP contribution < -0.4 is 5.32 Å². The zero-order valence-corrected chi connectivity index (χ0v) is 11.2. The first-order chi connectivity index (χ1) is 8.90. The molecule has 0 radical (unpaired) electrons. The van der Waals surface area contributed by atoms with E-state index in [0.717, 1.165) is 0 Å². The number of fused-ring (bicyclic) bond motifs is 1. The number of hydrogen-bond donors (Lipinski definition) is 1. The van der Waals surface area contributed by atoms with Crippen molar-refractivity contribution in [2.75, 3.05) is 5.32 Å². The lowest BCUT2D eigenvalue weighted by atomic mass is 10.1. The van der Waals surface area contributed by atoms with Gasteiger partial charge in [0, 0.05) is 29.8 Å². The summed E-state index contributed by atoms with van der Waals surface area (Å²) in [6, 6.07) is 5.69. The number of nitrogens with zero attached hydrogens (tertiary/aromatic N) is 1. The van der Waals surface area contributed by atoms with Gasteiger partial charge in [0.1, 0.15) is 0 Å². The van der Waals surface area contributed by atoms with E-state index >= 15 is 0 Å². The van der Waals surface area contributed by atoms with Gasteiger partial charge in [-0.25, -0.2) is 0 Å². The Bertz CT molecular complexity index is 701. The van der Waals surface area contributed by atoms with E-state index in [4.69, 9.17) is 23.2 Å². The fourth-order valence-corrected chi connectivity index (χ4v) is 2.34. The van der Waals surface area contributed by atoms with Crippen molar-refractivity contribution in [2.24, 2.45) is 0 Å². The van der Waals surface area contributed by atoms with Gasteiger partial charge < -0.3 is 5.32 Å². The third-order valence-corrected chi connectivity index (χ3v) is 3.14. The topological polar surface area (TPSA) is 72.2 Å². The van der Waals surface area contributed by atoms with Crippen LogP contribution in [-0.2, 0) is 4.79 Å². The summed E-state index contributed by atoms with van der Waals surface area (Å²) in [7, 11) is 0. The molecule has 0 heterocycles. The number of hydrogen-bond acceptors (Lipinski definition) is 3. The zero-order chi connectivity index (χ0) is 14.2. The Labute approximate surface area is 118 Å². The maximum atomic E-state index is 11.2. The van der Waals surface area contributed by atoms with Crippen LogP contribution in [0.1, 0.15) is 6.92 Å². The normalized spacial score (nSPS) is 10.5. The van der Waals surface area contributed by atoms with Gasteiger partial charge in [-0.1, -0.05) is 23.2 Å². The lowest BCUT2D eigenvalue weighted by molar-refractivity contribution is -0.384. The molecule has 0 aliphatic carbocycles. The van der Waals surface area contributed by atoms with Crippen LogP contribution in [0.15, 0.2) is 24.3 Å². The predicted octanol–water partition coefficient (Wildman–Crippen LogP) is 4.01. The fourth-order valence-electron chi connectivity index (χ4n) is 1.75. The Morgan fingerprint density at radius 2 is 1.89 bits per heavy atom. The molecule has 0 aliphatic rings. The summed E-state index contributed by atoms with van der Waals surface area (Å²) < 4.78 is 0. The zero-order valence-electron chi connectivity index (χ0n) is 9.74. The first-order valence-electron chi connectivity index (χ1n) is 5.24. The Balaban J connectivity index is 2.80. The van der Waals surface area contributed by atoms with Crippen LogP contribution in [0.4, 0.5) is 11.4 Å². The summed E-state index contributed by atoms with van der Waals surface area (Å²) in [5, 5.41) is 15.0. The van der Waals surface area contributed by atoms with Crippen LogP contribution in [0, 0.1) is 10.1 Å². The fraction of sp³-hybridized carbons (Fsp3) is 0.0833. The average Bonchev–Trinajstić information content (AvgIpc) is 2.33. The number of nitro benzene ring substituents is 1. The van der Waals surface area contributed by atoms with Crippen molar-refractivity contribution < 1.29 is 9.72 Å². The molecule has 0 atom stereocenters. The summed E-state index contributed by atoms with van der Waals surface area (Å²) >= 11 is 12.1. The number of nitrogens with one attached hydrogen (secondary N) is 1. The average molecular weight is 299 g/mol. The van der Waals surface area contributed by atoms with E-state index in [0.29, 0.717) is 21.5 Å². The predicted molar refractivity (Wildman–Crippen MR) is 74.9 cm³/mol. The monoisotopic (exact) mass is 298 g/mol. The van der Waals surface area contributed by atoms with E-state index in [2.05, 4.69) is 5.32 Å². The minimum Gasteiger partial charge on any atom is -0.324 e. The van der Waals surface area contributed by atoms with Gasteiger partial charge in [0.15, 0.2) is 0 Å². The maximum absolute atomic E-state index is 11.2. The van der Waals surface area contributed by atoms with Crippen molar-refractivity contribution in [3.05, 3.63) is 44.4 Å². The SMILES string of the molecule is CC(=O)Nc1c(Cl)cc(Cl)c2ccc([N+](=O)[O-])cc12. The number of carbonyl (C=O) groups excluding carboxylic acids is 1. The number of benzene rings is 2. The molecule has 2 rings (SSSR count). The van der Waals surface area contributed by atoms with Crippen LogP contribution in [-0.4, -0.2) is 10.8 Å². The highest BCUT2D eigenvalue weighted by molar-refractivity contribution is 6.41. The van der Waals surface area contributed by atoms with Crippen molar-refractivity contribution >= 4 is 51.3 Å². The number of rotatable bonds is 2. The summed E-state index contributed by atoms with van der Waals surface area (Å²) in [5.74, 6) is -0.322. The summed E-state index contributed by atoms with van der Waals surface area (Å²) in [6.07, 6.45) is 0. The molecule has 19 heavy (non-hydrogen) atoms. The smallest absolute Gasteiger partial charge is 0.270 e. The van der Waals surface area contributed by atoms with E-state index in [1.54, 1.807) is 0 Å². The number of halogens is 2. The number of anilines is 1. The van der Waals surface area contributed by atoms with E-state index in [1.165, 1.54) is 31.2 Å². The molecule has 0 spiro atoms. The molecule has 0 aromatic heterocycles. The highest BCUT2D eigenvalue weighted by Gasteiger charge is 2.15. The van der Waals surface area contributed by atoms with Crippen LogP contribution in [0.3, 0.4) is 0 Å². The van der Waals surface area contributed by atoms with Crippen molar-refractivity contribution in [1.29, 1.82) is 0 Å². The van der Waals surface area contributed by atoms with Gasteiger partial charge in [0.2, 0.25) is 5.91 Å². The van der Waals surface area contributed by atoms with Gasteiger partial charge in [0.25, 0.3) is 5.69 Å². The first-order valence-corrected chi connectivity index (χ1v) is 5.99. The minimum absolute atomic E-state index is 0.0996. The van der Waals surface area contributed by atoms with Gasteiger partial charge in [0.05, 0.1) is 20.7 Å². The van der Waals surface area contributed by atoms with Gasteiger partial charge in [-0.2, -0.15) is 0 Å². The second kappa shape index (κ2) is 5.03. The molecule has 0 unspecified atom stereocenters. The highest BCUT2D eigenvalue weighted by atomic mass is 35.5. The summed E-state index contributed by atoms with van der Waals surface area (Å²) in [6.45, 7) is 1.33. The van der Waals surface area contributed by atoms with Gasteiger partial charge in [-0.15, -0.1) is 0 Å². The van der Waals surface area contributed by atoms with Crippen LogP contribution in [0.25, 0.3) is 10.8 Å². The lowest BCUT2D eigenvalue weighted by Crippen LogP contribution is -2.07. The molecule has 2 aromatic carbocycles. The molecule has 0 saturated heterocycles. The molecule has 98 valence electrons. The van der Waals surface area contributed by atoms with Gasteiger partial charge in [-0.3, -0.25) is 14.9 Å². The Kier molecular flexibility index (Phi) is 3.59. The van der Waals surface area contributed by atoms with E-state index in [-0.39, 0.29) is 16.6 Å². The standard InChI is InChI=1S/C12H8Cl2N2O3/c1-6(17)15-12-9-4-7(16(18)19)2-3-8(9)10(13)5-11(12)14/h2-5H,1H3,(H,15,17). The molecular formula is C12H8Cl2N2O3. The molecule has 0 bridgehead atoms. The molecule has 2 aromatic rings. The van der Waals surface area contributed by atoms with Crippen LogP contribution in [0.2, 0.25) is 10.0 Å². The minimum atomic E-state index is -0.522. The van der Waals surface area contributed by atoms with E-state index in [1.807, 2.05) is 0 Å². The number of amides is 1. The van der Waals surface area contributed by atoms with E-state index in [9.17, 15) is 14.9 Å². The molecule has 7 heteroatoms. The second-order valence-corrected chi connectivity index (χ2v) is 4.70. The lowest BCUT2D eigenvalue weighted by Gasteiger charge is -2.10. The molecule has 0 aliphatic heterocycles. The van der Waals surface area contributed by atoms with Crippen LogP contribution >= 0.6 is 23.2 Å². The molecule has 1 N–H and O–H groups in total. The third-order valence-electron chi connectivity index (χ3n) is 2.53. The van der Waals surface area contributed by atoms with Crippen molar-refractivity contribution in [2.45, 2.75) is 6.92 Å². The van der Waals surface area contributed by atoms with Crippen molar-refractivity contribution in [3.63, 3.8) is 0 Å². The Morgan fingerprint density at radius 1 is 1.21 bits per heavy atom. The molecular weight excluding hydrogens is 291 g/mol. The maximum Gasteiger partial charge on any atom is 0.270 e. The molecule has 1 amide bonds. The molecule has 5 nitrogen and oxygen atoms in total. The summed E-state index contributed by atoms with van der Waals surface area (Å²) in [5.41, 5.74) is 0.217. The second-order valence-electron chi connectivity index (χ2n) is 3.88. The first kappa shape index (κ1) is 13.6. The van der Waals surface area contributed by atoms with E-state index < -0.39 is 4.92 Å². The number of carbonyl (C=O) groups is 1. The molecule has 0 saturated carbocycles. The Morgan fingerprint density at radius 3 is 2.47 bits per heavy atom. The van der Waals surface area contributed by atoms with Crippen molar-refractivity contribution in [1.82, 2.24) is 0 Å². The quantitative estimate of drug-likeness (QED) is 0.672. The summed E-state index contributed by atoms with van der Waals surface area (Å²) in [4.78, 5) is 21.5. The molecule has 0 fully saturated rings. The van der Waals surface area contributed by atoms with Gasteiger partial charge in [-0.05, 0) is 12.1 Å². The van der Waals surface area contributed by atoms with Crippen molar-refractivity contribution in [3.8, 4) is 0 Å². The number of nitro groups is 1. The van der Waals surface area contributed by atoms with Gasteiger partial charge >= 0.3 is 0 Å². The largest absolute Gasteiger partial charge is 0.324 e.